The first-order valence-electron chi connectivity index (χ1n) is 11.8. The third-order valence-electron chi connectivity index (χ3n) is 6.44. The second-order valence-corrected chi connectivity index (χ2v) is 10.8. The molecule has 1 amide bonds. The number of carbonyl (C=O) groups is 1. The lowest BCUT2D eigenvalue weighted by molar-refractivity contribution is -0.120. The van der Waals surface area contributed by atoms with Crippen LogP contribution < -0.4 is 10.2 Å². The molecule has 0 bridgehead atoms. The fourth-order valence-electron chi connectivity index (χ4n) is 4.45. The fourth-order valence-corrected chi connectivity index (χ4v) is 5.98. The van der Waals surface area contributed by atoms with Crippen molar-refractivity contribution < 1.29 is 17.9 Å². The lowest BCUT2D eigenvalue weighted by atomic mass is 9.97. The Labute approximate surface area is 196 Å². The monoisotopic (exact) mass is 471 g/mol. The molecule has 0 unspecified atom stereocenters. The average Bonchev–Trinajstić information content (AvgIpc) is 2.86. The zero-order valence-electron chi connectivity index (χ0n) is 19.0. The van der Waals surface area contributed by atoms with E-state index in [1.54, 1.807) is 4.31 Å². The van der Waals surface area contributed by atoms with Gasteiger partial charge in [-0.15, -0.1) is 0 Å². The van der Waals surface area contributed by atoms with Crippen LogP contribution in [0.3, 0.4) is 0 Å². The molecule has 4 rings (SSSR count). The summed E-state index contributed by atoms with van der Waals surface area (Å²) in [5.41, 5.74) is 3.05. The molecule has 2 aliphatic rings. The van der Waals surface area contributed by atoms with Crippen molar-refractivity contribution in [2.75, 3.05) is 55.4 Å². The SMILES string of the molecule is O=C(Nc1ccc(N2CCOCC2)cc1)C1CCN(S(=O)(=O)CCCc2ccccc2)CC1. The van der Waals surface area contributed by atoms with Crippen molar-refractivity contribution in [3.8, 4) is 0 Å². The number of piperidine rings is 1. The van der Waals surface area contributed by atoms with Crippen molar-refractivity contribution in [2.24, 2.45) is 5.92 Å². The molecule has 2 aromatic rings. The van der Waals surface area contributed by atoms with Gasteiger partial charge in [-0.1, -0.05) is 30.3 Å². The van der Waals surface area contributed by atoms with Crippen molar-refractivity contribution in [3.05, 3.63) is 60.2 Å². The van der Waals surface area contributed by atoms with Crippen molar-refractivity contribution in [2.45, 2.75) is 25.7 Å². The van der Waals surface area contributed by atoms with Crippen LogP contribution in [0.4, 0.5) is 11.4 Å². The molecule has 2 fully saturated rings. The van der Waals surface area contributed by atoms with Gasteiger partial charge in [-0.05, 0) is 55.5 Å². The number of sulfonamides is 1. The molecule has 1 N–H and O–H groups in total. The Bertz CT molecular complexity index is 998. The third-order valence-corrected chi connectivity index (χ3v) is 8.40. The van der Waals surface area contributed by atoms with Crippen LogP contribution in [0, 0.1) is 5.92 Å². The van der Waals surface area contributed by atoms with Gasteiger partial charge in [0.05, 0.1) is 19.0 Å². The van der Waals surface area contributed by atoms with E-state index in [1.165, 1.54) is 0 Å². The molecular weight excluding hydrogens is 438 g/mol. The second-order valence-electron chi connectivity index (χ2n) is 8.71. The summed E-state index contributed by atoms with van der Waals surface area (Å²) in [7, 11) is -3.29. The van der Waals surface area contributed by atoms with Gasteiger partial charge in [0.2, 0.25) is 15.9 Å². The highest BCUT2D eigenvalue weighted by Crippen LogP contribution is 2.24. The highest BCUT2D eigenvalue weighted by molar-refractivity contribution is 7.89. The van der Waals surface area contributed by atoms with Gasteiger partial charge in [0.1, 0.15) is 0 Å². The largest absolute Gasteiger partial charge is 0.378 e. The Morgan fingerprint density at radius 2 is 1.61 bits per heavy atom. The van der Waals surface area contributed by atoms with Crippen LogP contribution in [0.25, 0.3) is 0 Å². The highest BCUT2D eigenvalue weighted by atomic mass is 32.2. The normalized spacial score (nSPS) is 18.2. The van der Waals surface area contributed by atoms with Crippen molar-refractivity contribution in [1.82, 2.24) is 4.31 Å². The first kappa shape index (κ1) is 23.7. The molecule has 8 heteroatoms. The van der Waals surface area contributed by atoms with Gasteiger partial charge < -0.3 is 15.0 Å². The van der Waals surface area contributed by atoms with E-state index >= 15 is 0 Å². The van der Waals surface area contributed by atoms with Gasteiger partial charge in [-0.2, -0.15) is 0 Å². The molecule has 178 valence electrons. The van der Waals surface area contributed by atoms with Gasteiger partial charge in [0.15, 0.2) is 0 Å². The van der Waals surface area contributed by atoms with Crippen LogP contribution in [0.1, 0.15) is 24.8 Å². The zero-order chi connectivity index (χ0) is 23.1. The predicted molar refractivity (Wildman–Crippen MR) is 131 cm³/mol. The summed E-state index contributed by atoms with van der Waals surface area (Å²) in [6, 6.07) is 17.8. The molecule has 2 saturated heterocycles. The van der Waals surface area contributed by atoms with E-state index in [1.807, 2.05) is 54.6 Å². The summed E-state index contributed by atoms with van der Waals surface area (Å²) in [5, 5.41) is 3.00. The van der Waals surface area contributed by atoms with Crippen LogP contribution >= 0.6 is 0 Å². The molecule has 2 aromatic carbocycles. The molecule has 7 nitrogen and oxygen atoms in total. The maximum Gasteiger partial charge on any atom is 0.227 e. The molecule has 0 atom stereocenters. The summed E-state index contributed by atoms with van der Waals surface area (Å²) in [6.45, 7) is 4.03. The standard InChI is InChI=1S/C25H33N3O4S/c29-25(26-23-8-10-24(11-9-23)27-16-18-32-19-17-27)22-12-14-28(15-13-22)33(30,31)20-4-7-21-5-2-1-3-6-21/h1-3,5-6,8-11,22H,4,7,12-20H2,(H,26,29). The minimum Gasteiger partial charge on any atom is -0.378 e. The summed E-state index contributed by atoms with van der Waals surface area (Å²) >= 11 is 0. The van der Waals surface area contributed by atoms with E-state index in [0.717, 1.165) is 49.7 Å². The maximum atomic E-state index is 12.7. The number of morpholine rings is 1. The van der Waals surface area contributed by atoms with Gasteiger partial charge >= 0.3 is 0 Å². The lowest BCUT2D eigenvalue weighted by Gasteiger charge is -2.31. The second kappa shape index (κ2) is 11.1. The predicted octanol–water partition coefficient (Wildman–Crippen LogP) is 3.14. The first-order chi connectivity index (χ1) is 16.0. The summed E-state index contributed by atoms with van der Waals surface area (Å²) in [6.07, 6.45) is 2.46. The molecule has 33 heavy (non-hydrogen) atoms. The van der Waals surface area contributed by atoms with Crippen molar-refractivity contribution in [1.29, 1.82) is 0 Å². The minimum atomic E-state index is -3.29. The van der Waals surface area contributed by atoms with Crippen molar-refractivity contribution >= 4 is 27.3 Å². The number of aryl methyl sites for hydroxylation is 1. The quantitative estimate of drug-likeness (QED) is 0.640. The number of rotatable bonds is 8. The molecule has 2 aliphatic heterocycles. The number of benzene rings is 2. The fraction of sp³-hybridized carbons (Fsp3) is 0.480. The molecule has 0 saturated carbocycles. The maximum absolute atomic E-state index is 12.7. The number of amides is 1. The smallest absolute Gasteiger partial charge is 0.227 e. The van der Waals surface area contributed by atoms with E-state index in [-0.39, 0.29) is 17.6 Å². The summed E-state index contributed by atoms with van der Waals surface area (Å²) in [4.78, 5) is 15.0. The van der Waals surface area contributed by atoms with Crippen LogP contribution in [0.5, 0.6) is 0 Å². The number of hydrogen-bond acceptors (Lipinski definition) is 5. The Morgan fingerprint density at radius 3 is 2.27 bits per heavy atom. The van der Waals surface area contributed by atoms with Gasteiger partial charge in [0, 0.05) is 43.5 Å². The van der Waals surface area contributed by atoms with E-state index < -0.39 is 10.0 Å². The van der Waals surface area contributed by atoms with Crippen LogP contribution in [0.15, 0.2) is 54.6 Å². The van der Waals surface area contributed by atoms with E-state index in [9.17, 15) is 13.2 Å². The first-order valence-corrected chi connectivity index (χ1v) is 13.4. The van der Waals surface area contributed by atoms with Crippen LogP contribution in [-0.4, -0.2) is 63.8 Å². The number of nitrogens with one attached hydrogen (secondary N) is 1. The van der Waals surface area contributed by atoms with Gasteiger partial charge in [0.25, 0.3) is 0 Å². The molecule has 2 heterocycles. The van der Waals surface area contributed by atoms with E-state index in [2.05, 4.69) is 10.2 Å². The number of ether oxygens (including phenoxy) is 1. The number of anilines is 2. The number of hydrogen-bond donors (Lipinski definition) is 1. The third kappa shape index (κ3) is 6.56. The Balaban J connectivity index is 1.22. The highest BCUT2D eigenvalue weighted by Gasteiger charge is 2.30. The molecular formula is C25H33N3O4S. The molecule has 0 aliphatic carbocycles. The molecule has 0 radical (unpaired) electrons. The Morgan fingerprint density at radius 1 is 0.939 bits per heavy atom. The Hall–Kier alpha value is -2.42. The van der Waals surface area contributed by atoms with Crippen LogP contribution in [0.2, 0.25) is 0 Å². The average molecular weight is 472 g/mol. The summed E-state index contributed by atoms with van der Waals surface area (Å²) < 4.78 is 32.4. The van der Waals surface area contributed by atoms with Gasteiger partial charge in [-0.3, -0.25) is 4.79 Å². The van der Waals surface area contributed by atoms with Gasteiger partial charge in [-0.25, -0.2) is 12.7 Å². The lowest BCUT2D eigenvalue weighted by Crippen LogP contribution is -2.42. The number of carbonyl (C=O) groups excluding carboxylic acids is 1. The van der Waals surface area contributed by atoms with E-state index in [4.69, 9.17) is 4.74 Å². The molecule has 0 aromatic heterocycles. The summed E-state index contributed by atoms with van der Waals surface area (Å²) in [5.74, 6) is -0.0521. The minimum absolute atomic E-state index is 0.0322. The molecule has 0 spiro atoms. The zero-order valence-corrected chi connectivity index (χ0v) is 19.8. The van der Waals surface area contributed by atoms with Crippen LogP contribution in [-0.2, 0) is 26.0 Å². The topological polar surface area (TPSA) is 79.0 Å². The Kier molecular flexibility index (Phi) is 8.01. The van der Waals surface area contributed by atoms with Crippen molar-refractivity contribution in [3.63, 3.8) is 0 Å². The number of nitrogens with zero attached hydrogens (tertiary/aromatic N) is 2. The van der Waals surface area contributed by atoms with E-state index in [0.29, 0.717) is 32.4 Å².